The minimum absolute atomic E-state index is 0.0845. The lowest BCUT2D eigenvalue weighted by molar-refractivity contribution is -0.113. The second kappa shape index (κ2) is 6.82. The van der Waals surface area contributed by atoms with Crippen LogP contribution in [0.25, 0.3) is 0 Å². The Bertz CT molecular complexity index is 793. The number of hydrogen-bond acceptors (Lipinski definition) is 6. The van der Waals surface area contributed by atoms with E-state index in [1.807, 2.05) is 32.9 Å². The molecule has 0 atom stereocenters. The average Bonchev–Trinajstić information content (AvgIpc) is 2.48. The van der Waals surface area contributed by atoms with Gasteiger partial charge in [0, 0.05) is 5.69 Å². The van der Waals surface area contributed by atoms with Crippen LogP contribution in [0.15, 0.2) is 22.1 Å². The first-order valence-corrected chi connectivity index (χ1v) is 8.00. The Hall–Kier alpha value is -2.35. The predicted octanol–water partition coefficient (Wildman–Crippen LogP) is 1.32. The minimum atomic E-state index is -0.423. The second-order valence-corrected chi connectivity index (χ2v) is 6.30. The highest BCUT2D eigenvalue weighted by Crippen LogP contribution is 2.22. The van der Waals surface area contributed by atoms with E-state index in [1.54, 1.807) is 0 Å². The number of carbonyl (C=O) groups is 1. The van der Waals surface area contributed by atoms with E-state index in [0.717, 1.165) is 38.8 Å². The number of nitrogens with two attached hydrogens (primary N) is 1. The van der Waals surface area contributed by atoms with Gasteiger partial charge in [-0.15, -0.1) is 10.2 Å². The molecular weight excluding hydrogens is 314 g/mol. The van der Waals surface area contributed by atoms with Crippen molar-refractivity contribution < 1.29 is 4.79 Å². The van der Waals surface area contributed by atoms with Crippen molar-refractivity contribution in [2.75, 3.05) is 16.9 Å². The molecule has 1 heterocycles. The molecule has 2 aromatic rings. The fourth-order valence-corrected chi connectivity index (χ4v) is 2.90. The summed E-state index contributed by atoms with van der Waals surface area (Å²) in [5.41, 5.74) is 3.76. The number of benzene rings is 1. The first kappa shape index (κ1) is 17.0. The van der Waals surface area contributed by atoms with Crippen LogP contribution in [-0.2, 0) is 4.79 Å². The van der Waals surface area contributed by atoms with Gasteiger partial charge < -0.3 is 11.2 Å². The Morgan fingerprint density at radius 3 is 2.43 bits per heavy atom. The molecule has 8 heteroatoms. The predicted molar refractivity (Wildman–Crippen MR) is 91.2 cm³/mol. The molecule has 0 fully saturated rings. The van der Waals surface area contributed by atoms with Crippen LogP contribution in [0.3, 0.4) is 0 Å². The number of rotatable bonds is 4. The number of hydrogen-bond donors (Lipinski definition) is 2. The summed E-state index contributed by atoms with van der Waals surface area (Å²) in [6, 6.07) is 4.03. The third-order valence-electron chi connectivity index (χ3n) is 3.29. The molecule has 0 spiro atoms. The molecule has 0 aliphatic heterocycles. The van der Waals surface area contributed by atoms with Gasteiger partial charge in [-0.1, -0.05) is 29.5 Å². The highest BCUT2D eigenvalue weighted by molar-refractivity contribution is 7.99. The number of nitrogens with one attached hydrogen (secondary N) is 1. The molecule has 2 rings (SSSR count). The van der Waals surface area contributed by atoms with Crippen LogP contribution in [0, 0.1) is 27.7 Å². The van der Waals surface area contributed by atoms with Crippen molar-refractivity contribution in [2.45, 2.75) is 32.9 Å². The summed E-state index contributed by atoms with van der Waals surface area (Å²) in [5.74, 6) is 5.53. The van der Waals surface area contributed by atoms with E-state index in [-0.39, 0.29) is 22.5 Å². The highest BCUT2D eigenvalue weighted by atomic mass is 32.2. The summed E-state index contributed by atoms with van der Waals surface area (Å²) in [4.78, 5) is 23.8. The van der Waals surface area contributed by atoms with Crippen LogP contribution < -0.4 is 16.7 Å². The third-order valence-corrected chi connectivity index (χ3v) is 4.24. The number of aromatic nitrogens is 3. The number of thioether (sulfide) groups is 1. The molecule has 0 aliphatic rings. The molecule has 1 aromatic heterocycles. The lowest BCUT2D eigenvalue weighted by atomic mass is 10.1. The molecular formula is C15H19N5O2S. The topological polar surface area (TPSA) is 103 Å². The van der Waals surface area contributed by atoms with Crippen LogP contribution in [0.4, 0.5) is 5.69 Å². The number of amides is 1. The highest BCUT2D eigenvalue weighted by Gasteiger charge is 2.12. The summed E-state index contributed by atoms with van der Waals surface area (Å²) < 4.78 is 0.905. The quantitative estimate of drug-likeness (QED) is 0.646. The maximum atomic E-state index is 12.1. The van der Waals surface area contributed by atoms with Crippen LogP contribution in [0.1, 0.15) is 22.4 Å². The van der Waals surface area contributed by atoms with Gasteiger partial charge in [0.15, 0.2) is 0 Å². The Morgan fingerprint density at radius 1 is 1.22 bits per heavy atom. The number of anilines is 1. The number of carbonyl (C=O) groups excluding carboxylic acids is 1. The first-order valence-electron chi connectivity index (χ1n) is 7.01. The van der Waals surface area contributed by atoms with Crippen LogP contribution in [0.5, 0.6) is 0 Å². The van der Waals surface area contributed by atoms with E-state index in [4.69, 9.17) is 5.84 Å². The largest absolute Gasteiger partial charge is 0.334 e. The molecule has 7 nitrogen and oxygen atoms in total. The molecule has 0 radical (unpaired) electrons. The van der Waals surface area contributed by atoms with Gasteiger partial charge in [-0.3, -0.25) is 9.59 Å². The molecule has 0 aliphatic carbocycles. The van der Waals surface area contributed by atoms with Crippen molar-refractivity contribution in [1.82, 2.24) is 14.9 Å². The smallest absolute Gasteiger partial charge is 0.294 e. The van der Waals surface area contributed by atoms with Crippen molar-refractivity contribution >= 4 is 23.4 Å². The summed E-state index contributed by atoms with van der Waals surface area (Å²) in [6.45, 7) is 7.44. The van der Waals surface area contributed by atoms with Crippen molar-refractivity contribution in [1.29, 1.82) is 0 Å². The molecule has 0 unspecified atom stereocenters. The standard InChI is InChI=1S/C15H19N5O2S/c1-8-5-9(2)13(10(3)6-8)17-12(21)7-23-15-19-18-11(4)14(22)20(15)16/h5-6H,7,16H2,1-4H3,(H,17,21). The first-order chi connectivity index (χ1) is 10.8. The Labute approximate surface area is 138 Å². The third kappa shape index (κ3) is 3.89. The maximum absolute atomic E-state index is 12.1. The molecule has 1 aromatic carbocycles. The lowest BCUT2D eigenvalue weighted by Gasteiger charge is -2.13. The summed E-state index contributed by atoms with van der Waals surface area (Å²) in [7, 11) is 0. The number of nitrogen functional groups attached to an aromatic ring is 1. The molecule has 3 N–H and O–H groups in total. The van der Waals surface area contributed by atoms with Gasteiger partial charge in [-0.25, -0.2) is 0 Å². The van der Waals surface area contributed by atoms with E-state index in [0.29, 0.717) is 0 Å². The molecule has 1 amide bonds. The normalized spacial score (nSPS) is 10.6. The lowest BCUT2D eigenvalue weighted by Crippen LogP contribution is -2.32. The van der Waals surface area contributed by atoms with E-state index in [9.17, 15) is 9.59 Å². The zero-order valence-electron chi connectivity index (χ0n) is 13.5. The SMILES string of the molecule is Cc1cc(C)c(NC(=O)CSc2nnc(C)c(=O)n2N)c(C)c1. The van der Waals surface area contributed by atoms with E-state index >= 15 is 0 Å². The summed E-state index contributed by atoms with van der Waals surface area (Å²) in [6.07, 6.45) is 0. The zero-order valence-corrected chi connectivity index (χ0v) is 14.3. The van der Waals surface area contributed by atoms with Crippen molar-refractivity contribution in [3.8, 4) is 0 Å². The van der Waals surface area contributed by atoms with Crippen LogP contribution in [0.2, 0.25) is 0 Å². The van der Waals surface area contributed by atoms with Gasteiger partial charge >= 0.3 is 0 Å². The maximum Gasteiger partial charge on any atom is 0.294 e. The average molecular weight is 333 g/mol. The minimum Gasteiger partial charge on any atom is -0.334 e. The molecule has 0 saturated carbocycles. The van der Waals surface area contributed by atoms with Gasteiger partial charge in [0.25, 0.3) is 5.56 Å². The van der Waals surface area contributed by atoms with E-state index < -0.39 is 5.56 Å². The number of aryl methyl sites for hydroxylation is 4. The van der Waals surface area contributed by atoms with Crippen molar-refractivity contribution in [2.24, 2.45) is 0 Å². The fourth-order valence-electron chi connectivity index (χ4n) is 2.25. The molecule has 0 bridgehead atoms. The van der Waals surface area contributed by atoms with Crippen LogP contribution in [-0.4, -0.2) is 26.5 Å². The summed E-state index contributed by atoms with van der Waals surface area (Å²) in [5, 5.41) is 10.6. The number of nitrogens with zero attached hydrogens (tertiary/aromatic N) is 3. The van der Waals surface area contributed by atoms with Crippen molar-refractivity contribution in [3.05, 3.63) is 44.9 Å². The van der Waals surface area contributed by atoms with Gasteiger partial charge in [-0.2, -0.15) is 4.68 Å². The Balaban J connectivity index is 2.07. The van der Waals surface area contributed by atoms with Gasteiger partial charge in [-0.05, 0) is 38.8 Å². The molecule has 122 valence electrons. The van der Waals surface area contributed by atoms with Gasteiger partial charge in [0.2, 0.25) is 11.1 Å². The molecule has 23 heavy (non-hydrogen) atoms. The van der Waals surface area contributed by atoms with Crippen molar-refractivity contribution in [3.63, 3.8) is 0 Å². The fraction of sp³-hybridized carbons (Fsp3) is 0.333. The van der Waals surface area contributed by atoms with E-state index in [1.165, 1.54) is 6.92 Å². The van der Waals surface area contributed by atoms with E-state index in [2.05, 4.69) is 15.5 Å². The van der Waals surface area contributed by atoms with Crippen LogP contribution >= 0.6 is 11.8 Å². The van der Waals surface area contributed by atoms with Gasteiger partial charge in [0.05, 0.1) is 5.75 Å². The molecule has 0 saturated heterocycles. The monoisotopic (exact) mass is 333 g/mol. The zero-order chi connectivity index (χ0) is 17.1. The Morgan fingerprint density at radius 2 is 1.83 bits per heavy atom. The summed E-state index contributed by atoms with van der Waals surface area (Å²) >= 11 is 1.06. The second-order valence-electron chi connectivity index (χ2n) is 5.35. The van der Waals surface area contributed by atoms with Gasteiger partial charge in [0.1, 0.15) is 5.69 Å². The Kier molecular flexibility index (Phi) is 5.05.